The van der Waals surface area contributed by atoms with E-state index in [9.17, 15) is 4.79 Å². The zero-order chi connectivity index (χ0) is 14.3. The third kappa shape index (κ3) is 2.12. The summed E-state index contributed by atoms with van der Waals surface area (Å²) in [7, 11) is 0. The molecular weight excluding hydrogens is 278 g/mol. The Hall–Kier alpha value is -2.40. The molecule has 0 saturated heterocycles. The number of aromatic nitrogens is 3. The van der Waals surface area contributed by atoms with Crippen LogP contribution >= 0.6 is 11.6 Å². The van der Waals surface area contributed by atoms with Gasteiger partial charge in [0.05, 0.1) is 11.1 Å². The Balaban J connectivity index is 2.15. The SMILES string of the molecule is Cc1cc(Cl)ccc1-c1nc2ncc(C(=O)O)cc2[nH]1. The second-order valence-electron chi connectivity index (χ2n) is 4.44. The molecule has 2 aromatic heterocycles. The number of benzene rings is 1. The summed E-state index contributed by atoms with van der Waals surface area (Å²) in [6, 6.07) is 7.02. The van der Waals surface area contributed by atoms with Crippen molar-refractivity contribution in [2.24, 2.45) is 0 Å². The van der Waals surface area contributed by atoms with E-state index in [2.05, 4.69) is 15.0 Å². The van der Waals surface area contributed by atoms with Crippen molar-refractivity contribution < 1.29 is 9.90 Å². The van der Waals surface area contributed by atoms with E-state index in [1.165, 1.54) is 12.3 Å². The monoisotopic (exact) mass is 287 g/mol. The van der Waals surface area contributed by atoms with Crippen LogP contribution < -0.4 is 0 Å². The molecule has 2 heterocycles. The second kappa shape index (κ2) is 4.61. The molecule has 3 aromatic rings. The first-order valence-corrected chi connectivity index (χ1v) is 6.28. The van der Waals surface area contributed by atoms with Crippen LogP contribution in [-0.2, 0) is 0 Å². The number of fused-ring (bicyclic) bond motifs is 1. The number of rotatable bonds is 2. The summed E-state index contributed by atoms with van der Waals surface area (Å²) in [6.45, 7) is 1.94. The van der Waals surface area contributed by atoms with E-state index in [1.54, 1.807) is 6.07 Å². The average molecular weight is 288 g/mol. The molecule has 2 N–H and O–H groups in total. The van der Waals surface area contributed by atoms with E-state index in [4.69, 9.17) is 16.7 Å². The van der Waals surface area contributed by atoms with E-state index in [0.717, 1.165) is 11.1 Å². The summed E-state index contributed by atoms with van der Waals surface area (Å²) in [5.41, 5.74) is 3.09. The van der Waals surface area contributed by atoms with Crippen LogP contribution in [0.3, 0.4) is 0 Å². The Labute approximate surface area is 119 Å². The Morgan fingerprint density at radius 1 is 1.35 bits per heavy atom. The molecule has 1 aromatic carbocycles. The normalized spacial score (nSPS) is 10.9. The number of hydrogen-bond acceptors (Lipinski definition) is 3. The first kappa shape index (κ1) is 12.6. The molecule has 0 atom stereocenters. The van der Waals surface area contributed by atoms with Crippen molar-refractivity contribution in [1.29, 1.82) is 0 Å². The lowest BCUT2D eigenvalue weighted by molar-refractivity contribution is 0.0696. The van der Waals surface area contributed by atoms with Gasteiger partial charge in [0, 0.05) is 16.8 Å². The van der Waals surface area contributed by atoms with E-state index >= 15 is 0 Å². The predicted molar refractivity (Wildman–Crippen MR) is 76.0 cm³/mol. The highest BCUT2D eigenvalue weighted by Gasteiger charge is 2.11. The fourth-order valence-corrected chi connectivity index (χ4v) is 2.26. The molecule has 0 bridgehead atoms. The summed E-state index contributed by atoms with van der Waals surface area (Å²) in [5.74, 6) is -0.373. The highest BCUT2D eigenvalue weighted by atomic mass is 35.5. The van der Waals surface area contributed by atoms with Crippen LogP contribution in [-0.4, -0.2) is 26.0 Å². The third-order valence-corrected chi connectivity index (χ3v) is 3.26. The molecule has 20 heavy (non-hydrogen) atoms. The smallest absolute Gasteiger partial charge is 0.337 e. The lowest BCUT2D eigenvalue weighted by atomic mass is 10.1. The lowest BCUT2D eigenvalue weighted by Gasteiger charge is -2.02. The molecule has 100 valence electrons. The number of carboxylic acids is 1. The van der Waals surface area contributed by atoms with Crippen molar-refractivity contribution in [1.82, 2.24) is 15.0 Å². The zero-order valence-electron chi connectivity index (χ0n) is 10.5. The number of nitrogens with one attached hydrogen (secondary N) is 1. The number of aryl methyl sites for hydroxylation is 1. The molecule has 0 unspecified atom stereocenters. The predicted octanol–water partition coefficient (Wildman–Crippen LogP) is 3.28. The number of pyridine rings is 1. The lowest BCUT2D eigenvalue weighted by Crippen LogP contribution is -1.96. The van der Waals surface area contributed by atoms with Gasteiger partial charge >= 0.3 is 5.97 Å². The quantitative estimate of drug-likeness (QED) is 0.758. The van der Waals surface area contributed by atoms with Crippen LogP contribution in [0.2, 0.25) is 5.02 Å². The van der Waals surface area contributed by atoms with Crippen LogP contribution in [0.5, 0.6) is 0 Å². The minimum atomic E-state index is -1.02. The van der Waals surface area contributed by atoms with Gasteiger partial charge in [-0.05, 0) is 36.8 Å². The van der Waals surface area contributed by atoms with E-state index < -0.39 is 5.97 Å². The molecule has 0 aliphatic rings. The Kier molecular flexibility index (Phi) is 2.91. The van der Waals surface area contributed by atoms with Crippen molar-refractivity contribution >= 4 is 28.7 Å². The van der Waals surface area contributed by atoms with Crippen LogP contribution in [0.15, 0.2) is 30.5 Å². The van der Waals surface area contributed by atoms with Gasteiger partial charge < -0.3 is 10.1 Å². The molecule has 0 amide bonds. The standard InChI is InChI=1S/C14H10ClN3O2/c1-7-4-9(15)2-3-10(7)12-17-11-5-8(14(19)20)6-16-13(11)18-12/h2-6H,1H3,(H,19,20)(H,16,17,18). The number of carboxylic acid groups (broad SMARTS) is 1. The summed E-state index contributed by atoms with van der Waals surface area (Å²) in [5, 5.41) is 9.61. The fraction of sp³-hybridized carbons (Fsp3) is 0.0714. The van der Waals surface area contributed by atoms with Crippen molar-refractivity contribution in [2.45, 2.75) is 6.92 Å². The third-order valence-electron chi connectivity index (χ3n) is 3.03. The van der Waals surface area contributed by atoms with Crippen LogP contribution in [0, 0.1) is 6.92 Å². The van der Waals surface area contributed by atoms with E-state index in [1.807, 2.05) is 19.1 Å². The van der Waals surface area contributed by atoms with Crippen molar-refractivity contribution in [3.63, 3.8) is 0 Å². The van der Waals surface area contributed by atoms with Gasteiger partial charge in [0.15, 0.2) is 5.65 Å². The van der Waals surface area contributed by atoms with Crippen molar-refractivity contribution in [3.05, 3.63) is 46.6 Å². The topological polar surface area (TPSA) is 78.9 Å². The maximum atomic E-state index is 10.9. The van der Waals surface area contributed by atoms with Crippen LogP contribution in [0.25, 0.3) is 22.6 Å². The first-order chi connectivity index (χ1) is 9.54. The van der Waals surface area contributed by atoms with Crippen LogP contribution in [0.1, 0.15) is 15.9 Å². The van der Waals surface area contributed by atoms with Gasteiger partial charge in [-0.3, -0.25) is 0 Å². The zero-order valence-corrected chi connectivity index (χ0v) is 11.3. The van der Waals surface area contributed by atoms with Crippen molar-refractivity contribution in [3.8, 4) is 11.4 Å². The average Bonchev–Trinajstić information content (AvgIpc) is 2.80. The van der Waals surface area contributed by atoms with Crippen molar-refractivity contribution in [2.75, 3.05) is 0 Å². The molecule has 0 aliphatic carbocycles. The Morgan fingerprint density at radius 2 is 2.15 bits per heavy atom. The molecule has 0 spiro atoms. The molecule has 6 heteroatoms. The van der Waals surface area contributed by atoms with Gasteiger partial charge in [-0.1, -0.05) is 11.6 Å². The number of aromatic carboxylic acids is 1. The van der Waals surface area contributed by atoms with Gasteiger partial charge in [-0.15, -0.1) is 0 Å². The number of imidazole rings is 1. The number of H-pyrrole nitrogens is 1. The largest absolute Gasteiger partial charge is 0.478 e. The number of halogens is 1. The number of nitrogens with zero attached hydrogens (tertiary/aromatic N) is 2. The number of hydrogen-bond donors (Lipinski definition) is 2. The Bertz CT molecular complexity index is 826. The highest BCUT2D eigenvalue weighted by Crippen LogP contribution is 2.25. The van der Waals surface area contributed by atoms with Gasteiger partial charge in [0.2, 0.25) is 0 Å². The molecule has 0 aliphatic heterocycles. The molecule has 3 rings (SSSR count). The summed E-state index contributed by atoms with van der Waals surface area (Å²) >= 11 is 5.93. The van der Waals surface area contributed by atoms with Gasteiger partial charge in [-0.25, -0.2) is 14.8 Å². The number of aromatic amines is 1. The maximum Gasteiger partial charge on any atom is 0.337 e. The molecule has 0 saturated carbocycles. The summed E-state index contributed by atoms with van der Waals surface area (Å²) < 4.78 is 0. The molecular formula is C14H10ClN3O2. The molecule has 0 fully saturated rings. The van der Waals surface area contributed by atoms with E-state index in [0.29, 0.717) is 22.0 Å². The Morgan fingerprint density at radius 3 is 2.85 bits per heavy atom. The maximum absolute atomic E-state index is 10.9. The van der Waals surface area contributed by atoms with Gasteiger partial charge in [-0.2, -0.15) is 0 Å². The minimum absolute atomic E-state index is 0.125. The second-order valence-corrected chi connectivity index (χ2v) is 4.88. The number of carbonyl (C=O) groups is 1. The molecule has 5 nitrogen and oxygen atoms in total. The highest BCUT2D eigenvalue weighted by molar-refractivity contribution is 6.30. The van der Waals surface area contributed by atoms with E-state index in [-0.39, 0.29) is 5.56 Å². The summed E-state index contributed by atoms with van der Waals surface area (Å²) in [4.78, 5) is 22.4. The van der Waals surface area contributed by atoms with Gasteiger partial charge in [0.25, 0.3) is 0 Å². The van der Waals surface area contributed by atoms with Gasteiger partial charge in [0.1, 0.15) is 5.82 Å². The minimum Gasteiger partial charge on any atom is -0.478 e. The van der Waals surface area contributed by atoms with Crippen LogP contribution in [0.4, 0.5) is 0 Å². The fourth-order valence-electron chi connectivity index (χ4n) is 2.04. The summed E-state index contributed by atoms with van der Waals surface area (Å²) in [6.07, 6.45) is 1.30. The first-order valence-electron chi connectivity index (χ1n) is 5.90. The molecule has 0 radical (unpaired) electrons.